The van der Waals surface area contributed by atoms with Crippen molar-refractivity contribution >= 4 is 27.5 Å². The molecular formula is C11H8F2N4S. The Labute approximate surface area is 104 Å². The van der Waals surface area contributed by atoms with Crippen molar-refractivity contribution in [3.8, 4) is 10.7 Å². The maximum atomic E-state index is 13.1. The van der Waals surface area contributed by atoms with Crippen LogP contribution in [0.25, 0.3) is 21.7 Å². The standard InChI is InChI=1S/C11H8F2N4S/c1-4-9(18-11(14)15-4)10-16-7-2-5(12)6(13)3-8(7)17-10/h2-3H,1H3,(H2,14,15)(H,16,17). The molecule has 0 spiro atoms. The van der Waals surface area contributed by atoms with E-state index in [9.17, 15) is 8.78 Å². The summed E-state index contributed by atoms with van der Waals surface area (Å²) in [6, 6.07) is 2.14. The molecule has 4 nitrogen and oxygen atoms in total. The van der Waals surface area contributed by atoms with E-state index in [2.05, 4.69) is 15.0 Å². The van der Waals surface area contributed by atoms with Gasteiger partial charge in [0.15, 0.2) is 22.6 Å². The van der Waals surface area contributed by atoms with Gasteiger partial charge in [-0.05, 0) is 6.92 Å². The molecule has 2 heterocycles. The summed E-state index contributed by atoms with van der Waals surface area (Å²) in [5.41, 5.74) is 7.15. The molecule has 18 heavy (non-hydrogen) atoms. The lowest BCUT2D eigenvalue weighted by Crippen LogP contribution is -1.82. The van der Waals surface area contributed by atoms with Crippen molar-refractivity contribution in [2.45, 2.75) is 6.92 Å². The van der Waals surface area contributed by atoms with Crippen molar-refractivity contribution < 1.29 is 8.78 Å². The first-order valence-electron chi connectivity index (χ1n) is 5.12. The van der Waals surface area contributed by atoms with E-state index >= 15 is 0 Å². The van der Waals surface area contributed by atoms with Crippen LogP contribution < -0.4 is 5.73 Å². The monoisotopic (exact) mass is 266 g/mol. The number of aryl methyl sites for hydroxylation is 1. The number of halogens is 2. The van der Waals surface area contributed by atoms with Gasteiger partial charge in [0.2, 0.25) is 0 Å². The van der Waals surface area contributed by atoms with E-state index in [1.165, 1.54) is 11.3 Å². The molecule has 0 bridgehead atoms. The van der Waals surface area contributed by atoms with Crippen molar-refractivity contribution in [2.24, 2.45) is 0 Å². The molecule has 0 unspecified atom stereocenters. The normalized spacial score (nSPS) is 11.3. The van der Waals surface area contributed by atoms with Crippen LogP contribution in [0.2, 0.25) is 0 Å². The molecule has 2 aromatic heterocycles. The van der Waals surface area contributed by atoms with Gasteiger partial charge in [-0.25, -0.2) is 18.7 Å². The Morgan fingerprint density at radius 2 is 1.94 bits per heavy atom. The second kappa shape index (κ2) is 3.74. The molecule has 3 aromatic rings. The molecule has 1 aromatic carbocycles. The van der Waals surface area contributed by atoms with Crippen LogP contribution in [-0.2, 0) is 0 Å². The average molecular weight is 266 g/mol. The first-order valence-corrected chi connectivity index (χ1v) is 5.94. The third-order valence-corrected chi connectivity index (χ3v) is 3.55. The molecular weight excluding hydrogens is 258 g/mol. The van der Waals surface area contributed by atoms with E-state index in [0.717, 1.165) is 22.7 Å². The number of rotatable bonds is 1. The maximum absolute atomic E-state index is 13.1. The third kappa shape index (κ3) is 1.63. The van der Waals surface area contributed by atoms with Crippen LogP contribution in [0.1, 0.15) is 5.69 Å². The van der Waals surface area contributed by atoms with E-state index in [1.807, 2.05) is 0 Å². The number of nitrogens with one attached hydrogen (secondary N) is 1. The Kier molecular flexibility index (Phi) is 2.30. The largest absolute Gasteiger partial charge is 0.375 e. The molecule has 0 aliphatic carbocycles. The van der Waals surface area contributed by atoms with Gasteiger partial charge in [0, 0.05) is 12.1 Å². The number of anilines is 1. The highest BCUT2D eigenvalue weighted by Crippen LogP contribution is 2.30. The molecule has 0 aliphatic rings. The summed E-state index contributed by atoms with van der Waals surface area (Å²) in [7, 11) is 0. The summed E-state index contributed by atoms with van der Waals surface area (Å²) in [6.07, 6.45) is 0. The van der Waals surface area contributed by atoms with E-state index in [0.29, 0.717) is 22.0 Å². The van der Waals surface area contributed by atoms with Gasteiger partial charge in [-0.2, -0.15) is 0 Å². The third-order valence-electron chi connectivity index (χ3n) is 2.55. The molecule has 3 rings (SSSR count). The Morgan fingerprint density at radius 1 is 1.22 bits per heavy atom. The van der Waals surface area contributed by atoms with Crippen molar-refractivity contribution in [3.63, 3.8) is 0 Å². The second-order valence-electron chi connectivity index (χ2n) is 3.84. The molecule has 3 N–H and O–H groups in total. The number of hydrogen-bond donors (Lipinski definition) is 2. The van der Waals surface area contributed by atoms with Crippen LogP contribution in [-0.4, -0.2) is 15.0 Å². The molecule has 0 radical (unpaired) electrons. The lowest BCUT2D eigenvalue weighted by Gasteiger charge is -1.90. The molecule has 0 saturated heterocycles. The highest BCUT2D eigenvalue weighted by molar-refractivity contribution is 7.18. The molecule has 0 amide bonds. The zero-order chi connectivity index (χ0) is 12.9. The molecule has 0 atom stereocenters. The number of fused-ring (bicyclic) bond motifs is 1. The number of nitrogen functional groups attached to an aromatic ring is 1. The summed E-state index contributed by atoms with van der Waals surface area (Å²) < 4.78 is 26.2. The van der Waals surface area contributed by atoms with Crippen LogP contribution in [0.3, 0.4) is 0 Å². The maximum Gasteiger partial charge on any atom is 0.180 e. The predicted molar refractivity (Wildman–Crippen MR) is 66.3 cm³/mol. The first-order chi connectivity index (χ1) is 8.54. The molecule has 92 valence electrons. The Hall–Kier alpha value is -2.02. The molecule has 0 fully saturated rings. The fraction of sp³-hybridized carbons (Fsp3) is 0.0909. The van der Waals surface area contributed by atoms with Crippen LogP contribution in [0, 0.1) is 18.6 Å². The number of aromatic nitrogens is 3. The fourth-order valence-corrected chi connectivity index (χ4v) is 2.53. The number of imidazole rings is 1. The summed E-state index contributed by atoms with van der Waals surface area (Å²) in [5, 5.41) is 0.431. The van der Waals surface area contributed by atoms with Gasteiger partial charge in [-0.3, -0.25) is 0 Å². The minimum Gasteiger partial charge on any atom is -0.375 e. The lowest BCUT2D eigenvalue weighted by molar-refractivity contribution is 0.510. The number of thiazole rings is 1. The molecule has 7 heteroatoms. The van der Waals surface area contributed by atoms with Crippen LogP contribution in [0.15, 0.2) is 12.1 Å². The number of benzene rings is 1. The zero-order valence-corrected chi connectivity index (χ0v) is 10.1. The summed E-state index contributed by atoms with van der Waals surface area (Å²) >= 11 is 1.28. The first kappa shape index (κ1) is 11.1. The fourth-order valence-electron chi connectivity index (χ4n) is 1.75. The van der Waals surface area contributed by atoms with Gasteiger partial charge in [-0.15, -0.1) is 0 Å². The van der Waals surface area contributed by atoms with Gasteiger partial charge in [0.05, 0.1) is 21.6 Å². The number of H-pyrrole nitrogens is 1. The quantitative estimate of drug-likeness (QED) is 0.711. The smallest absolute Gasteiger partial charge is 0.180 e. The highest BCUT2D eigenvalue weighted by Gasteiger charge is 2.14. The summed E-state index contributed by atoms with van der Waals surface area (Å²) in [5.74, 6) is -1.30. The zero-order valence-electron chi connectivity index (χ0n) is 9.29. The van der Waals surface area contributed by atoms with E-state index < -0.39 is 11.6 Å². The van der Waals surface area contributed by atoms with E-state index in [1.54, 1.807) is 6.92 Å². The van der Waals surface area contributed by atoms with Crippen molar-refractivity contribution in [1.82, 2.24) is 15.0 Å². The van der Waals surface area contributed by atoms with Crippen molar-refractivity contribution in [2.75, 3.05) is 5.73 Å². The second-order valence-corrected chi connectivity index (χ2v) is 4.87. The minimum absolute atomic E-state index is 0.371. The highest BCUT2D eigenvalue weighted by atomic mass is 32.1. The van der Waals surface area contributed by atoms with Crippen LogP contribution >= 0.6 is 11.3 Å². The number of nitrogens with two attached hydrogens (primary N) is 1. The van der Waals surface area contributed by atoms with Gasteiger partial charge in [0.25, 0.3) is 0 Å². The van der Waals surface area contributed by atoms with Crippen LogP contribution in [0.5, 0.6) is 0 Å². The van der Waals surface area contributed by atoms with Gasteiger partial charge in [0.1, 0.15) is 0 Å². The van der Waals surface area contributed by atoms with Gasteiger partial charge in [-0.1, -0.05) is 11.3 Å². The lowest BCUT2D eigenvalue weighted by atomic mass is 10.3. The van der Waals surface area contributed by atoms with E-state index in [4.69, 9.17) is 5.73 Å². The number of hydrogen-bond acceptors (Lipinski definition) is 4. The average Bonchev–Trinajstić information content (AvgIpc) is 2.82. The number of aromatic amines is 1. The SMILES string of the molecule is Cc1nc(N)sc1-c1nc2cc(F)c(F)cc2[nH]1. The van der Waals surface area contributed by atoms with Crippen LogP contribution in [0.4, 0.5) is 13.9 Å². The van der Waals surface area contributed by atoms with E-state index in [-0.39, 0.29) is 0 Å². The minimum atomic E-state index is -0.916. The summed E-state index contributed by atoms with van der Waals surface area (Å²) in [4.78, 5) is 12.0. The summed E-state index contributed by atoms with van der Waals surface area (Å²) in [6.45, 7) is 1.80. The number of nitrogens with zero attached hydrogens (tertiary/aromatic N) is 2. The van der Waals surface area contributed by atoms with Gasteiger partial charge >= 0.3 is 0 Å². The Morgan fingerprint density at radius 3 is 2.61 bits per heavy atom. The Bertz CT molecular complexity index is 708. The predicted octanol–water partition coefficient (Wildman–Crippen LogP) is 2.86. The van der Waals surface area contributed by atoms with Gasteiger partial charge < -0.3 is 10.7 Å². The van der Waals surface area contributed by atoms with Crippen molar-refractivity contribution in [3.05, 3.63) is 29.5 Å². The molecule has 0 saturated carbocycles. The van der Waals surface area contributed by atoms with Crippen molar-refractivity contribution in [1.29, 1.82) is 0 Å². The Balaban J connectivity index is 2.22. The topological polar surface area (TPSA) is 67.6 Å². The molecule has 0 aliphatic heterocycles.